The molecular weight excluding hydrogens is 390 g/mol. The number of benzene rings is 1. The Morgan fingerprint density at radius 1 is 1.33 bits per heavy atom. The number of aryl methyl sites for hydroxylation is 1. The molecule has 0 fully saturated rings. The number of carbonyl (C=O) groups excluding carboxylic acids is 1. The predicted octanol–water partition coefficient (Wildman–Crippen LogP) is 3.81. The van der Waals surface area contributed by atoms with Gasteiger partial charge in [-0.05, 0) is 61.3 Å². The summed E-state index contributed by atoms with van der Waals surface area (Å²) in [6.07, 6.45) is 0. The van der Waals surface area contributed by atoms with Crippen molar-refractivity contribution in [3.63, 3.8) is 0 Å². The normalized spacial score (nSPS) is 9.07. The van der Waals surface area contributed by atoms with Gasteiger partial charge in [0.25, 0.3) is 0 Å². The highest BCUT2D eigenvalue weighted by molar-refractivity contribution is 9.12. The van der Waals surface area contributed by atoms with E-state index in [0.717, 1.165) is 14.5 Å². The molecule has 0 bridgehead atoms. The van der Waals surface area contributed by atoms with Crippen LogP contribution >= 0.6 is 47.8 Å². The summed E-state index contributed by atoms with van der Waals surface area (Å²) in [5.41, 5.74) is 1.78. The Kier molecular flexibility index (Phi) is 4.84. The van der Waals surface area contributed by atoms with E-state index in [1.165, 1.54) is 0 Å². The third-order valence-electron chi connectivity index (χ3n) is 1.59. The fraction of sp³-hybridized carbons (Fsp3) is 0.100. The molecule has 0 heterocycles. The van der Waals surface area contributed by atoms with Gasteiger partial charge in [-0.1, -0.05) is 0 Å². The second-order valence-electron chi connectivity index (χ2n) is 2.78. The Balaban J connectivity index is 3.03. The van der Waals surface area contributed by atoms with Crippen LogP contribution in [0.3, 0.4) is 0 Å². The minimum absolute atomic E-state index is 0.364. The van der Waals surface area contributed by atoms with Crippen LogP contribution in [0.5, 0.6) is 0 Å². The van der Waals surface area contributed by atoms with E-state index in [9.17, 15) is 4.79 Å². The first kappa shape index (κ1) is 12.8. The average Bonchev–Trinajstić information content (AvgIpc) is 2.11. The molecule has 0 atom stereocenters. The van der Waals surface area contributed by atoms with Crippen molar-refractivity contribution >= 4 is 59.4 Å². The van der Waals surface area contributed by atoms with Gasteiger partial charge in [0.15, 0.2) is 0 Å². The Labute approximate surface area is 113 Å². The molecule has 0 aromatic heterocycles. The van der Waals surface area contributed by atoms with Crippen molar-refractivity contribution in [2.75, 3.05) is 5.32 Å². The molecule has 0 spiro atoms. The van der Waals surface area contributed by atoms with E-state index < -0.39 is 0 Å². The molecule has 0 aliphatic heterocycles. The number of halogens is 3. The molecule has 1 rings (SSSR count). The van der Waals surface area contributed by atoms with E-state index in [2.05, 4.69) is 63.9 Å². The molecule has 1 amide bonds. The Bertz CT molecular complexity index is 436. The second kappa shape index (κ2) is 5.69. The van der Waals surface area contributed by atoms with Gasteiger partial charge in [0, 0.05) is 30.8 Å². The van der Waals surface area contributed by atoms with E-state index in [-0.39, 0.29) is 5.91 Å². The largest absolute Gasteiger partial charge is 0.313 e. The molecule has 1 aromatic carbocycles. The molecule has 0 aliphatic carbocycles. The fourth-order valence-electron chi connectivity index (χ4n) is 1.01. The summed E-state index contributed by atoms with van der Waals surface area (Å²) in [5, 5.41) is 2.67. The maximum atomic E-state index is 11.2. The SMILES string of the molecule is Cc1cc(Br)c(NC(=O)C#CBr)c(Br)c1. The van der Waals surface area contributed by atoms with Gasteiger partial charge >= 0.3 is 5.91 Å². The molecule has 78 valence electrons. The molecule has 0 saturated heterocycles. The minimum atomic E-state index is -0.364. The van der Waals surface area contributed by atoms with Crippen molar-refractivity contribution < 1.29 is 4.79 Å². The zero-order valence-electron chi connectivity index (χ0n) is 7.70. The number of nitrogens with one attached hydrogen (secondary N) is 1. The smallest absolute Gasteiger partial charge is 0.301 e. The van der Waals surface area contributed by atoms with Crippen molar-refractivity contribution in [2.24, 2.45) is 0 Å². The lowest BCUT2D eigenvalue weighted by Gasteiger charge is -2.08. The minimum Gasteiger partial charge on any atom is -0.313 e. The molecule has 0 saturated carbocycles. The van der Waals surface area contributed by atoms with Crippen LogP contribution in [0.25, 0.3) is 0 Å². The van der Waals surface area contributed by atoms with E-state index in [4.69, 9.17) is 0 Å². The maximum Gasteiger partial charge on any atom is 0.301 e. The third kappa shape index (κ3) is 3.63. The summed E-state index contributed by atoms with van der Waals surface area (Å²) >= 11 is 9.61. The lowest BCUT2D eigenvalue weighted by molar-refractivity contribution is -0.111. The van der Waals surface area contributed by atoms with Crippen LogP contribution in [0.15, 0.2) is 21.1 Å². The fourth-order valence-corrected chi connectivity index (χ4v) is 2.80. The van der Waals surface area contributed by atoms with Crippen LogP contribution in [-0.4, -0.2) is 5.91 Å². The summed E-state index contributed by atoms with van der Waals surface area (Å²) in [5.74, 6) is 1.97. The molecule has 0 aliphatic rings. The van der Waals surface area contributed by atoms with Gasteiger partial charge in [0.1, 0.15) is 0 Å². The number of rotatable bonds is 1. The van der Waals surface area contributed by atoms with Gasteiger partial charge in [0.05, 0.1) is 5.69 Å². The molecule has 2 nitrogen and oxygen atoms in total. The Hall–Kier alpha value is -0.310. The lowest BCUT2D eigenvalue weighted by Crippen LogP contribution is -2.09. The summed E-state index contributed by atoms with van der Waals surface area (Å²) in [6.45, 7) is 1.97. The zero-order chi connectivity index (χ0) is 11.4. The maximum absolute atomic E-state index is 11.2. The van der Waals surface area contributed by atoms with Crippen molar-refractivity contribution in [3.05, 3.63) is 26.6 Å². The molecule has 1 N–H and O–H groups in total. The summed E-state index contributed by atoms with van der Waals surface area (Å²) in [4.78, 5) is 13.6. The molecule has 1 aromatic rings. The van der Waals surface area contributed by atoms with E-state index in [1.54, 1.807) is 0 Å². The molecule has 0 radical (unpaired) electrons. The van der Waals surface area contributed by atoms with Gasteiger partial charge < -0.3 is 5.32 Å². The Morgan fingerprint density at radius 2 is 1.87 bits per heavy atom. The number of anilines is 1. The van der Waals surface area contributed by atoms with E-state index >= 15 is 0 Å². The van der Waals surface area contributed by atoms with Gasteiger partial charge in [-0.25, -0.2) is 0 Å². The first-order chi connectivity index (χ1) is 7.04. The van der Waals surface area contributed by atoms with Crippen molar-refractivity contribution in [1.29, 1.82) is 0 Å². The van der Waals surface area contributed by atoms with Gasteiger partial charge in [-0.2, -0.15) is 0 Å². The highest BCUT2D eigenvalue weighted by Gasteiger charge is 2.08. The van der Waals surface area contributed by atoms with Crippen molar-refractivity contribution in [2.45, 2.75) is 6.92 Å². The molecule has 15 heavy (non-hydrogen) atoms. The van der Waals surface area contributed by atoms with Crippen LogP contribution in [0.4, 0.5) is 5.69 Å². The van der Waals surface area contributed by atoms with Crippen LogP contribution in [0, 0.1) is 17.7 Å². The van der Waals surface area contributed by atoms with Crippen LogP contribution in [-0.2, 0) is 4.79 Å². The summed E-state index contributed by atoms with van der Waals surface area (Å²) in [6, 6.07) is 3.84. The van der Waals surface area contributed by atoms with E-state index in [0.29, 0.717) is 5.69 Å². The predicted molar refractivity (Wildman–Crippen MR) is 71.9 cm³/mol. The number of hydrogen-bond donors (Lipinski definition) is 1. The first-order valence-electron chi connectivity index (χ1n) is 3.93. The zero-order valence-corrected chi connectivity index (χ0v) is 12.5. The number of amides is 1. The third-order valence-corrected chi connectivity index (χ3v) is 3.03. The standard InChI is InChI=1S/C10H6Br3NO/c1-6-4-7(12)10(8(13)5-6)14-9(15)2-3-11/h4-5H,1H3,(H,14,15). The monoisotopic (exact) mass is 393 g/mol. The molecule has 0 unspecified atom stereocenters. The van der Waals surface area contributed by atoms with Crippen molar-refractivity contribution in [3.8, 4) is 10.8 Å². The second-order valence-corrected chi connectivity index (χ2v) is 4.88. The van der Waals surface area contributed by atoms with Crippen LogP contribution in [0.1, 0.15) is 5.56 Å². The summed E-state index contributed by atoms with van der Waals surface area (Å²) < 4.78 is 1.64. The first-order valence-corrected chi connectivity index (χ1v) is 6.30. The Morgan fingerprint density at radius 3 is 2.33 bits per heavy atom. The van der Waals surface area contributed by atoms with Gasteiger partial charge in [-0.3, -0.25) is 4.79 Å². The van der Waals surface area contributed by atoms with Gasteiger partial charge in [-0.15, -0.1) is 0 Å². The van der Waals surface area contributed by atoms with Crippen LogP contribution in [0.2, 0.25) is 0 Å². The molecule has 5 heteroatoms. The highest BCUT2D eigenvalue weighted by atomic mass is 79.9. The number of carbonyl (C=O) groups is 1. The average molecular weight is 396 g/mol. The molecular formula is C10H6Br3NO. The number of hydrogen-bond acceptors (Lipinski definition) is 1. The van der Waals surface area contributed by atoms with Gasteiger partial charge in [0.2, 0.25) is 0 Å². The van der Waals surface area contributed by atoms with Crippen molar-refractivity contribution in [1.82, 2.24) is 0 Å². The summed E-state index contributed by atoms with van der Waals surface area (Å²) in [7, 11) is 0. The lowest BCUT2D eigenvalue weighted by atomic mass is 10.2. The quantitative estimate of drug-likeness (QED) is 0.720. The van der Waals surface area contributed by atoms with E-state index in [1.807, 2.05) is 19.1 Å². The topological polar surface area (TPSA) is 29.1 Å². The van der Waals surface area contributed by atoms with Crippen LogP contribution < -0.4 is 5.32 Å². The highest BCUT2D eigenvalue weighted by Crippen LogP contribution is 2.32.